The third-order valence-electron chi connectivity index (χ3n) is 5.30. The van der Waals surface area contributed by atoms with Crippen LogP contribution in [0.3, 0.4) is 0 Å². The molecule has 10 heteroatoms. The number of carbonyl (C=O) groups is 2. The molecule has 0 aliphatic carbocycles. The highest BCUT2D eigenvalue weighted by atomic mass is 32.2. The van der Waals surface area contributed by atoms with Crippen molar-refractivity contribution in [3.8, 4) is 22.9 Å². The van der Waals surface area contributed by atoms with Crippen molar-refractivity contribution < 1.29 is 23.8 Å². The standard InChI is InChI=1S/C25H30N4O5S/c1-16(30)19-9-6-7-10-20(19)26-24(31)17(2)35-25-28-27-23(29(25)13-8-14-32-3)18-11-12-21(33-4)22(15-18)34-5/h6-7,9-12,15,17H,8,13-14H2,1-5H3,(H,26,31). The van der Waals surface area contributed by atoms with Crippen molar-refractivity contribution in [3.63, 3.8) is 0 Å². The fraction of sp³-hybridized carbons (Fsp3) is 0.360. The lowest BCUT2D eigenvalue weighted by Crippen LogP contribution is -2.24. The van der Waals surface area contributed by atoms with Crippen molar-refractivity contribution in [2.75, 3.05) is 33.3 Å². The van der Waals surface area contributed by atoms with E-state index in [0.717, 1.165) is 12.0 Å². The third-order valence-corrected chi connectivity index (χ3v) is 6.38. The van der Waals surface area contributed by atoms with Crippen LogP contribution in [0.2, 0.25) is 0 Å². The number of amides is 1. The highest BCUT2D eigenvalue weighted by molar-refractivity contribution is 8.00. The first kappa shape index (κ1) is 26.2. The highest BCUT2D eigenvalue weighted by Crippen LogP contribution is 2.34. The van der Waals surface area contributed by atoms with Crippen LogP contribution in [-0.2, 0) is 16.1 Å². The molecule has 3 aromatic rings. The number of methoxy groups -OCH3 is 3. The molecule has 2 aromatic carbocycles. The summed E-state index contributed by atoms with van der Waals surface area (Å²) in [7, 11) is 4.82. The van der Waals surface area contributed by atoms with Gasteiger partial charge in [0.05, 0.1) is 25.2 Å². The van der Waals surface area contributed by atoms with Crippen LogP contribution in [0.1, 0.15) is 30.6 Å². The third kappa shape index (κ3) is 6.40. The second kappa shape index (κ2) is 12.4. The lowest BCUT2D eigenvalue weighted by Gasteiger charge is -2.15. The molecule has 186 valence electrons. The van der Waals surface area contributed by atoms with Gasteiger partial charge < -0.3 is 24.1 Å². The molecule has 1 N–H and O–H groups in total. The fourth-order valence-electron chi connectivity index (χ4n) is 3.48. The van der Waals surface area contributed by atoms with Crippen LogP contribution < -0.4 is 14.8 Å². The summed E-state index contributed by atoms with van der Waals surface area (Å²) in [5.74, 6) is 1.51. The van der Waals surface area contributed by atoms with Gasteiger partial charge in [-0.25, -0.2) is 0 Å². The van der Waals surface area contributed by atoms with Crippen LogP contribution >= 0.6 is 11.8 Å². The minimum absolute atomic E-state index is 0.112. The first-order valence-corrected chi connectivity index (χ1v) is 12.0. The van der Waals surface area contributed by atoms with Crippen molar-refractivity contribution in [1.29, 1.82) is 0 Å². The Morgan fingerprint density at radius 1 is 1.06 bits per heavy atom. The van der Waals surface area contributed by atoms with E-state index in [4.69, 9.17) is 14.2 Å². The van der Waals surface area contributed by atoms with Crippen molar-refractivity contribution in [2.45, 2.75) is 37.2 Å². The molecule has 0 saturated heterocycles. The molecule has 3 rings (SSSR count). The maximum Gasteiger partial charge on any atom is 0.237 e. The predicted octanol–water partition coefficient (Wildman–Crippen LogP) is 4.32. The maximum atomic E-state index is 12.9. The summed E-state index contributed by atoms with van der Waals surface area (Å²) in [4.78, 5) is 24.8. The summed E-state index contributed by atoms with van der Waals surface area (Å²) in [5, 5.41) is 11.8. The van der Waals surface area contributed by atoms with Gasteiger partial charge in [0.1, 0.15) is 0 Å². The molecule has 0 saturated carbocycles. The lowest BCUT2D eigenvalue weighted by molar-refractivity contribution is -0.115. The van der Waals surface area contributed by atoms with Gasteiger partial charge in [-0.2, -0.15) is 0 Å². The zero-order valence-electron chi connectivity index (χ0n) is 20.5. The van der Waals surface area contributed by atoms with E-state index in [1.165, 1.54) is 18.7 Å². The number of aromatic nitrogens is 3. The number of rotatable bonds is 12. The maximum absolute atomic E-state index is 12.9. The van der Waals surface area contributed by atoms with Gasteiger partial charge >= 0.3 is 0 Å². The van der Waals surface area contributed by atoms with E-state index < -0.39 is 5.25 Å². The van der Waals surface area contributed by atoms with Crippen molar-refractivity contribution in [2.24, 2.45) is 0 Å². The van der Waals surface area contributed by atoms with Crippen molar-refractivity contribution in [1.82, 2.24) is 14.8 Å². The van der Waals surface area contributed by atoms with Crippen LogP contribution in [0.25, 0.3) is 11.4 Å². The van der Waals surface area contributed by atoms with Crippen molar-refractivity contribution in [3.05, 3.63) is 48.0 Å². The van der Waals surface area contributed by atoms with Gasteiger partial charge in [-0.1, -0.05) is 23.9 Å². The minimum atomic E-state index is -0.487. The van der Waals surface area contributed by atoms with E-state index in [1.807, 2.05) is 22.8 Å². The van der Waals surface area contributed by atoms with E-state index in [0.29, 0.717) is 46.9 Å². The quantitative estimate of drug-likeness (QED) is 0.224. The Kier molecular flexibility index (Phi) is 9.27. The number of thioether (sulfide) groups is 1. The summed E-state index contributed by atoms with van der Waals surface area (Å²) in [6.07, 6.45) is 0.745. The molecule has 1 atom stereocenters. The van der Waals surface area contributed by atoms with Gasteiger partial charge in [0.25, 0.3) is 0 Å². The Hall–Kier alpha value is -3.37. The number of benzene rings is 2. The summed E-state index contributed by atoms with van der Waals surface area (Å²) >= 11 is 1.30. The normalized spacial score (nSPS) is 11.7. The monoisotopic (exact) mass is 498 g/mol. The predicted molar refractivity (Wildman–Crippen MR) is 135 cm³/mol. The SMILES string of the molecule is COCCCn1c(SC(C)C(=O)Nc2ccccc2C(C)=O)nnc1-c1ccc(OC)c(OC)c1. The molecular formula is C25H30N4O5S. The Balaban J connectivity index is 1.85. The van der Waals surface area contributed by atoms with Crippen LogP contribution in [0.15, 0.2) is 47.6 Å². The molecule has 0 spiro atoms. The molecule has 1 heterocycles. The zero-order chi connectivity index (χ0) is 25.4. The Morgan fingerprint density at radius 3 is 2.49 bits per heavy atom. The van der Waals surface area contributed by atoms with E-state index in [-0.39, 0.29) is 11.7 Å². The molecular weight excluding hydrogens is 468 g/mol. The van der Waals surface area contributed by atoms with E-state index >= 15 is 0 Å². The molecule has 0 bridgehead atoms. The Morgan fingerprint density at radius 2 is 1.80 bits per heavy atom. The Bertz CT molecular complexity index is 1180. The van der Waals surface area contributed by atoms with Gasteiger partial charge in [-0.05, 0) is 50.6 Å². The topological polar surface area (TPSA) is 105 Å². The van der Waals surface area contributed by atoms with Crippen LogP contribution in [-0.4, -0.2) is 59.6 Å². The molecule has 1 unspecified atom stereocenters. The lowest BCUT2D eigenvalue weighted by atomic mass is 10.1. The average molecular weight is 499 g/mol. The molecule has 0 fully saturated rings. The number of anilines is 1. The molecule has 0 radical (unpaired) electrons. The van der Waals surface area contributed by atoms with Gasteiger partial charge in [-0.15, -0.1) is 10.2 Å². The smallest absolute Gasteiger partial charge is 0.237 e. The second-order valence-corrected chi connectivity index (χ2v) is 9.03. The number of para-hydroxylation sites is 1. The fourth-order valence-corrected chi connectivity index (χ4v) is 4.35. The molecule has 1 aromatic heterocycles. The first-order chi connectivity index (χ1) is 16.9. The molecule has 35 heavy (non-hydrogen) atoms. The summed E-state index contributed by atoms with van der Waals surface area (Å²) in [5.41, 5.74) is 1.77. The van der Waals surface area contributed by atoms with Crippen LogP contribution in [0.5, 0.6) is 11.5 Å². The number of hydrogen-bond donors (Lipinski definition) is 1. The van der Waals surface area contributed by atoms with Gasteiger partial charge in [0.15, 0.2) is 28.3 Å². The summed E-state index contributed by atoms with van der Waals surface area (Å²) < 4.78 is 18.0. The number of ketones is 1. The first-order valence-electron chi connectivity index (χ1n) is 11.1. The number of nitrogens with zero attached hydrogens (tertiary/aromatic N) is 3. The van der Waals surface area contributed by atoms with Gasteiger partial charge in [0.2, 0.25) is 5.91 Å². The summed E-state index contributed by atoms with van der Waals surface area (Å²) in [6.45, 7) is 4.45. The van der Waals surface area contributed by atoms with E-state index in [1.54, 1.807) is 52.5 Å². The average Bonchev–Trinajstić information content (AvgIpc) is 3.25. The summed E-state index contributed by atoms with van der Waals surface area (Å²) in [6, 6.07) is 12.5. The zero-order valence-corrected chi connectivity index (χ0v) is 21.3. The van der Waals surface area contributed by atoms with Crippen LogP contribution in [0.4, 0.5) is 5.69 Å². The van der Waals surface area contributed by atoms with Gasteiger partial charge in [0, 0.05) is 31.4 Å². The molecule has 9 nitrogen and oxygen atoms in total. The number of Topliss-reactive ketones (excluding diaryl/α,β-unsaturated/α-hetero) is 1. The Labute approximate surface area is 209 Å². The highest BCUT2D eigenvalue weighted by Gasteiger charge is 2.22. The number of nitrogens with one attached hydrogen (secondary N) is 1. The van der Waals surface area contributed by atoms with E-state index in [9.17, 15) is 9.59 Å². The van der Waals surface area contributed by atoms with Gasteiger partial charge in [-0.3, -0.25) is 9.59 Å². The van der Waals surface area contributed by atoms with Crippen molar-refractivity contribution >= 4 is 29.1 Å². The minimum Gasteiger partial charge on any atom is -0.493 e. The number of ether oxygens (including phenoxy) is 3. The number of hydrogen-bond acceptors (Lipinski definition) is 8. The molecule has 0 aliphatic rings. The van der Waals surface area contributed by atoms with E-state index in [2.05, 4.69) is 15.5 Å². The largest absolute Gasteiger partial charge is 0.493 e. The second-order valence-electron chi connectivity index (χ2n) is 7.73. The molecule has 1 amide bonds. The number of carbonyl (C=O) groups excluding carboxylic acids is 2. The van der Waals surface area contributed by atoms with Crippen LogP contribution in [0, 0.1) is 0 Å². The molecule has 0 aliphatic heterocycles.